The van der Waals surface area contributed by atoms with Crippen molar-refractivity contribution >= 4 is 5.91 Å². The molecule has 4 heterocycles. The van der Waals surface area contributed by atoms with E-state index in [0.29, 0.717) is 29.9 Å². The Labute approximate surface area is 203 Å². The average molecular weight is 495 g/mol. The van der Waals surface area contributed by atoms with Crippen molar-refractivity contribution in [1.82, 2.24) is 24.5 Å². The van der Waals surface area contributed by atoms with Gasteiger partial charge >= 0.3 is 0 Å². The van der Waals surface area contributed by atoms with Crippen LogP contribution >= 0.6 is 0 Å². The lowest BCUT2D eigenvalue weighted by atomic mass is 9.81. The number of benzene rings is 2. The van der Waals surface area contributed by atoms with Crippen LogP contribution in [0, 0.1) is 23.3 Å². The maximum Gasteiger partial charge on any atom is 0.254 e. The first-order valence-corrected chi connectivity index (χ1v) is 11.7. The minimum Gasteiger partial charge on any atom is -0.327 e. The molecule has 0 saturated carbocycles. The molecule has 0 unspecified atom stereocenters. The van der Waals surface area contributed by atoms with E-state index in [1.165, 1.54) is 21.5 Å². The largest absolute Gasteiger partial charge is 0.327 e. The zero-order valence-electron chi connectivity index (χ0n) is 19.3. The molecule has 2 atom stereocenters. The number of hydrogen-bond donors (Lipinski definition) is 0. The van der Waals surface area contributed by atoms with Gasteiger partial charge in [0.1, 0.15) is 5.82 Å². The number of aryl methyl sites for hydroxylation is 1. The third-order valence-corrected chi connectivity index (χ3v) is 7.07. The second-order valence-corrected chi connectivity index (χ2v) is 9.26. The average Bonchev–Trinajstić information content (AvgIpc) is 3.49. The summed E-state index contributed by atoms with van der Waals surface area (Å²) < 4.78 is 59.1. The van der Waals surface area contributed by atoms with Gasteiger partial charge in [-0.15, -0.1) is 0 Å². The number of nitrogens with zero attached hydrogens (tertiary/aromatic N) is 5. The van der Waals surface area contributed by atoms with Crippen molar-refractivity contribution < 1.29 is 22.4 Å². The Kier molecular flexibility index (Phi) is 5.20. The van der Waals surface area contributed by atoms with Gasteiger partial charge in [0.15, 0.2) is 17.5 Å². The highest BCUT2D eigenvalue weighted by atomic mass is 19.2. The smallest absolute Gasteiger partial charge is 0.254 e. The Bertz CT molecular complexity index is 1470. The Morgan fingerprint density at radius 2 is 1.81 bits per heavy atom. The fraction of sp³-hybridized carbons (Fsp3) is 0.269. The molecule has 1 amide bonds. The standard InChI is InChI=1S/C26H21F4N5O/c1-33-25(14-10-20(28)23(30)21(29)11-14)19-13-17-4-2-5-22(24(19)32-33)35(17)26(36)15-8-16(27)12-18(9-15)34-7-3-6-31-34/h3,6-12,17,22H,2,4-5,13H2,1H3/t17-,22+/m0/s1. The van der Waals surface area contributed by atoms with Crippen LogP contribution in [0.1, 0.15) is 46.9 Å². The van der Waals surface area contributed by atoms with E-state index < -0.39 is 23.3 Å². The molecule has 0 spiro atoms. The molecular formula is C26H21F4N5O. The van der Waals surface area contributed by atoms with Gasteiger partial charge in [-0.05, 0) is 62.1 Å². The topological polar surface area (TPSA) is 56.0 Å². The summed E-state index contributed by atoms with van der Waals surface area (Å²) in [7, 11) is 1.66. The van der Waals surface area contributed by atoms with Crippen molar-refractivity contribution in [2.75, 3.05) is 0 Å². The molecule has 36 heavy (non-hydrogen) atoms. The third-order valence-electron chi connectivity index (χ3n) is 7.07. The molecule has 2 aliphatic rings. The molecule has 0 aliphatic carbocycles. The van der Waals surface area contributed by atoms with Crippen molar-refractivity contribution in [1.29, 1.82) is 0 Å². The number of carbonyl (C=O) groups excluding carboxylic acids is 1. The minimum atomic E-state index is -1.52. The van der Waals surface area contributed by atoms with E-state index in [4.69, 9.17) is 0 Å². The first-order chi connectivity index (χ1) is 17.3. The van der Waals surface area contributed by atoms with Gasteiger partial charge in [-0.2, -0.15) is 10.2 Å². The molecule has 2 bridgehead atoms. The second-order valence-electron chi connectivity index (χ2n) is 9.26. The highest BCUT2D eigenvalue weighted by Crippen LogP contribution is 2.45. The number of fused-ring (bicyclic) bond motifs is 4. The molecule has 1 saturated heterocycles. The number of piperidine rings is 1. The molecule has 0 radical (unpaired) electrons. The zero-order chi connectivity index (χ0) is 25.1. The summed E-state index contributed by atoms with van der Waals surface area (Å²) >= 11 is 0. The van der Waals surface area contributed by atoms with Crippen LogP contribution < -0.4 is 0 Å². The van der Waals surface area contributed by atoms with Gasteiger partial charge in [0.05, 0.1) is 23.1 Å². The number of hydrogen-bond acceptors (Lipinski definition) is 3. The van der Waals surface area contributed by atoms with Crippen LogP contribution in [0.15, 0.2) is 48.8 Å². The van der Waals surface area contributed by atoms with E-state index in [9.17, 15) is 22.4 Å². The lowest BCUT2D eigenvalue weighted by Crippen LogP contribution is -2.49. The van der Waals surface area contributed by atoms with Crippen molar-refractivity contribution in [2.24, 2.45) is 7.05 Å². The predicted molar refractivity (Wildman–Crippen MR) is 122 cm³/mol. The molecule has 6 nitrogen and oxygen atoms in total. The highest BCUT2D eigenvalue weighted by molar-refractivity contribution is 5.95. The van der Waals surface area contributed by atoms with Gasteiger partial charge in [0, 0.05) is 42.2 Å². The van der Waals surface area contributed by atoms with Crippen LogP contribution in [0.2, 0.25) is 0 Å². The molecular weight excluding hydrogens is 474 g/mol. The van der Waals surface area contributed by atoms with Crippen molar-refractivity contribution in [3.05, 3.63) is 88.9 Å². The normalized spacial score (nSPS) is 18.9. The number of rotatable bonds is 3. The summed E-state index contributed by atoms with van der Waals surface area (Å²) in [5.74, 6) is -4.92. The lowest BCUT2D eigenvalue weighted by Gasteiger charge is -2.45. The summed E-state index contributed by atoms with van der Waals surface area (Å²) in [6.07, 6.45) is 5.92. The van der Waals surface area contributed by atoms with E-state index >= 15 is 0 Å². The van der Waals surface area contributed by atoms with Gasteiger partial charge < -0.3 is 4.90 Å². The molecule has 4 aromatic rings. The van der Waals surface area contributed by atoms with Crippen LogP contribution in [0.25, 0.3) is 16.9 Å². The van der Waals surface area contributed by atoms with Gasteiger partial charge in [0.25, 0.3) is 5.91 Å². The Hall–Kier alpha value is -3.95. The monoisotopic (exact) mass is 495 g/mol. The van der Waals surface area contributed by atoms with Gasteiger partial charge in [-0.25, -0.2) is 22.2 Å². The molecule has 10 heteroatoms. The molecule has 2 aliphatic heterocycles. The SMILES string of the molecule is Cn1nc2c(c1-c1cc(F)c(F)c(F)c1)C[C@@H]1CCC[C@H]2N1C(=O)c1cc(F)cc(-n2cccn2)c1. The van der Waals surface area contributed by atoms with Crippen LogP contribution in [0.3, 0.4) is 0 Å². The lowest BCUT2D eigenvalue weighted by molar-refractivity contribution is 0.0391. The van der Waals surface area contributed by atoms with E-state index in [1.807, 2.05) is 0 Å². The van der Waals surface area contributed by atoms with E-state index in [-0.39, 0.29) is 29.1 Å². The first kappa shape index (κ1) is 22.5. The van der Waals surface area contributed by atoms with Crippen LogP contribution in [0.4, 0.5) is 17.6 Å². The summed E-state index contributed by atoms with van der Waals surface area (Å²) in [6.45, 7) is 0. The fourth-order valence-corrected chi connectivity index (χ4v) is 5.60. The fourth-order valence-electron chi connectivity index (χ4n) is 5.60. The number of halogens is 4. The van der Waals surface area contributed by atoms with Crippen molar-refractivity contribution in [3.8, 4) is 16.9 Å². The first-order valence-electron chi connectivity index (χ1n) is 11.7. The van der Waals surface area contributed by atoms with Crippen LogP contribution in [0.5, 0.6) is 0 Å². The molecule has 2 aromatic carbocycles. The van der Waals surface area contributed by atoms with Crippen molar-refractivity contribution in [3.63, 3.8) is 0 Å². The maximum absolute atomic E-state index is 14.5. The van der Waals surface area contributed by atoms with Gasteiger partial charge in [-0.3, -0.25) is 9.48 Å². The number of amides is 1. The molecule has 6 rings (SSSR count). The van der Waals surface area contributed by atoms with Gasteiger partial charge in [-0.1, -0.05) is 0 Å². The molecule has 1 fully saturated rings. The van der Waals surface area contributed by atoms with E-state index in [2.05, 4.69) is 10.2 Å². The van der Waals surface area contributed by atoms with Crippen molar-refractivity contribution in [2.45, 2.75) is 37.8 Å². The summed E-state index contributed by atoms with van der Waals surface area (Å²) in [5.41, 5.74) is 2.77. The third kappa shape index (κ3) is 3.51. The summed E-state index contributed by atoms with van der Waals surface area (Å²) in [5, 5.41) is 8.75. The molecule has 0 N–H and O–H groups in total. The zero-order valence-corrected chi connectivity index (χ0v) is 19.3. The molecule has 2 aromatic heterocycles. The second kappa shape index (κ2) is 8.32. The summed E-state index contributed by atoms with van der Waals surface area (Å²) in [4.78, 5) is 15.5. The predicted octanol–water partition coefficient (Wildman–Crippen LogP) is 5.12. The maximum atomic E-state index is 14.5. The highest BCUT2D eigenvalue weighted by Gasteiger charge is 2.43. The van der Waals surface area contributed by atoms with E-state index in [0.717, 1.165) is 30.5 Å². The number of aromatic nitrogens is 4. The Balaban J connectivity index is 1.41. The number of carbonyl (C=O) groups is 1. The summed E-state index contributed by atoms with van der Waals surface area (Å²) in [6, 6.07) is 7.21. The van der Waals surface area contributed by atoms with Gasteiger partial charge in [0.2, 0.25) is 0 Å². The Morgan fingerprint density at radius 3 is 2.53 bits per heavy atom. The molecule has 184 valence electrons. The minimum absolute atomic E-state index is 0.189. The van der Waals surface area contributed by atoms with Crippen LogP contribution in [-0.4, -0.2) is 36.4 Å². The Morgan fingerprint density at radius 1 is 1.03 bits per heavy atom. The van der Waals surface area contributed by atoms with E-state index in [1.54, 1.807) is 36.5 Å². The van der Waals surface area contributed by atoms with Crippen LogP contribution in [-0.2, 0) is 13.5 Å². The quantitative estimate of drug-likeness (QED) is 0.293.